The lowest BCUT2D eigenvalue weighted by molar-refractivity contribution is 0.0708. The van der Waals surface area contributed by atoms with Crippen molar-refractivity contribution in [1.29, 1.82) is 0 Å². The number of anilines is 1. The number of hydrogen-bond acceptors (Lipinski definition) is 4. The van der Waals surface area contributed by atoms with Gasteiger partial charge in [-0.25, -0.2) is 8.42 Å². The predicted octanol–water partition coefficient (Wildman–Crippen LogP) is 0.918. The van der Waals surface area contributed by atoms with Gasteiger partial charge in [0, 0.05) is 23.8 Å². The summed E-state index contributed by atoms with van der Waals surface area (Å²) in [7, 11) is -2.99. The molecule has 2 rings (SSSR count). The second-order valence-corrected chi connectivity index (χ2v) is 7.00. The molecule has 6 heteroatoms. The van der Waals surface area contributed by atoms with Crippen LogP contribution in [0.1, 0.15) is 23.7 Å². The van der Waals surface area contributed by atoms with Crippen molar-refractivity contribution in [2.45, 2.75) is 19.4 Å². The Bertz CT molecular complexity index is 583. The number of carbonyl (C=O) groups is 1. The first kappa shape index (κ1) is 13.9. The van der Waals surface area contributed by atoms with Crippen molar-refractivity contribution >= 4 is 21.4 Å². The van der Waals surface area contributed by atoms with Gasteiger partial charge < -0.3 is 10.6 Å². The number of rotatable bonds is 3. The maximum Gasteiger partial charge on any atom is 0.254 e. The molecule has 0 bridgehead atoms. The van der Waals surface area contributed by atoms with Crippen LogP contribution in [0.25, 0.3) is 0 Å². The van der Waals surface area contributed by atoms with Gasteiger partial charge in [0.15, 0.2) is 9.84 Å². The Hall–Kier alpha value is -1.56. The fraction of sp³-hybridized carbons (Fsp3) is 0.462. The van der Waals surface area contributed by atoms with E-state index in [0.29, 0.717) is 24.2 Å². The summed E-state index contributed by atoms with van der Waals surface area (Å²) >= 11 is 0. The molecule has 1 aliphatic heterocycles. The second kappa shape index (κ2) is 5.21. The molecule has 1 atom stereocenters. The quantitative estimate of drug-likeness (QED) is 0.836. The Labute approximate surface area is 113 Å². The highest BCUT2D eigenvalue weighted by atomic mass is 32.2. The number of hydrogen-bond donors (Lipinski definition) is 1. The first-order valence-corrected chi connectivity index (χ1v) is 8.12. The van der Waals surface area contributed by atoms with Gasteiger partial charge in [-0.3, -0.25) is 4.79 Å². The lowest BCUT2D eigenvalue weighted by atomic mass is 10.1. The Morgan fingerprint density at radius 1 is 1.47 bits per heavy atom. The van der Waals surface area contributed by atoms with Gasteiger partial charge in [-0.05, 0) is 31.5 Å². The first-order chi connectivity index (χ1) is 8.93. The van der Waals surface area contributed by atoms with Crippen molar-refractivity contribution in [1.82, 2.24) is 4.90 Å². The molecular weight excluding hydrogens is 264 g/mol. The van der Waals surface area contributed by atoms with E-state index in [1.54, 1.807) is 29.2 Å². The molecule has 1 unspecified atom stereocenters. The highest BCUT2D eigenvalue weighted by Crippen LogP contribution is 2.20. The number of carbonyl (C=O) groups excluding carboxylic acids is 1. The van der Waals surface area contributed by atoms with Gasteiger partial charge in [0.1, 0.15) is 0 Å². The summed E-state index contributed by atoms with van der Waals surface area (Å²) in [5.74, 6) is 0.0738. The van der Waals surface area contributed by atoms with Gasteiger partial charge in [0.2, 0.25) is 0 Å². The standard InChI is InChI=1S/C13H18N2O3S/c1-2-15(12-6-7-19(17,18)9-12)13(16)10-4-3-5-11(14)8-10/h3-5,8,12H,2,6-7,9,14H2,1H3. The van der Waals surface area contributed by atoms with Crippen LogP contribution < -0.4 is 5.73 Å². The van der Waals surface area contributed by atoms with E-state index in [-0.39, 0.29) is 23.5 Å². The molecular formula is C13H18N2O3S. The number of amides is 1. The monoisotopic (exact) mass is 282 g/mol. The Kier molecular flexibility index (Phi) is 3.80. The highest BCUT2D eigenvalue weighted by Gasteiger charge is 2.34. The van der Waals surface area contributed by atoms with Crippen LogP contribution in [-0.2, 0) is 9.84 Å². The van der Waals surface area contributed by atoms with Crippen molar-refractivity contribution in [3.05, 3.63) is 29.8 Å². The summed E-state index contributed by atoms with van der Waals surface area (Å²) in [6.45, 7) is 2.35. The van der Waals surface area contributed by atoms with E-state index < -0.39 is 9.84 Å². The molecule has 1 heterocycles. The molecule has 0 aliphatic carbocycles. The van der Waals surface area contributed by atoms with E-state index in [0.717, 1.165) is 0 Å². The van der Waals surface area contributed by atoms with E-state index in [1.165, 1.54) is 0 Å². The van der Waals surface area contributed by atoms with Gasteiger partial charge in [-0.15, -0.1) is 0 Å². The molecule has 19 heavy (non-hydrogen) atoms. The normalized spacial score (nSPS) is 21.2. The number of benzene rings is 1. The third-order valence-corrected chi connectivity index (χ3v) is 5.13. The molecule has 1 aromatic carbocycles. The topological polar surface area (TPSA) is 80.5 Å². The van der Waals surface area contributed by atoms with Crippen molar-refractivity contribution in [3.63, 3.8) is 0 Å². The number of sulfone groups is 1. The Morgan fingerprint density at radius 3 is 2.74 bits per heavy atom. The largest absolute Gasteiger partial charge is 0.399 e. The molecule has 1 aliphatic rings. The molecule has 1 aromatic rings. The molecule has 0 spiro atoms. The van der Waals surface area contributed by atoms with E-state index in [4.69, 9.17) is 5.73 Å². The molecule has 0 saturated carbocycles. The smallest absolute Gasteiger partial charge is 0.254 e. The number of nitrogens with two attached hydrogens (primary N) is 1. The van der Waals surface area contributed by atoms with Gasteiger partial charge >= 0.3 is 0 Å². The van der Waals surface area contributed by atoms with Crippen LogP contribution in [0.5, 0.6) is 0 Å². The maximum atomic E-state index is 12.4. The van der Waals surface area contributed by atoms with E-state index in [9.17, 15) is 13.2 Å². The lowest BCUT2D eigenvalue weighted by Gasteiger charge is -2.27. The van der Waals surface area contributed by atoms with Crippen LogP contribution in [0.2, 0.25) is 0 Å². The van der Waals surface area contributed by atoms with Gasteiger partial charge in [-0.2, -0.15) is 0 Å². The summed E-state index contributed by atoms with van der Waals surface area (Å²) < 4.78 is 23.0. The molecule has 5 nitrogen and oxygen atoms in total. The summed E-state index contributed by atoms with van der Waals surface area (Å²) in [6.07, 6.45) is 0.518. The average Bonchev–Trinajstić information content (AvgIpc) is 2.70. The summed E-state index contributed by atoms with van der Waals surface area (Å²) in [4.78, 5) is 14.0. The third-order valence-electron chi connectivity index (χ3n) is 3.38. The summed E-state index contributed by atoms with van der Waals surface area (Å²) in [6, 6.07) is 6.54. The van der Waals surface area contributed by atoms with Crippen LogP contribution in [0.3, 0.4) is 0 Å². The maximum absolute atomic E-state index is 12.4. The average molecular weight is 282 g/mol. The molecule has 1 fully saturated rings. The number of nitrogen functional groups attached to an aromatic ring is 1. The zero-order valence-corrected chi connectivity index (χ0v) is 11.7. The highest BCUT2D eigenvalue weighted by molar-refractivity contribution is 7.91. The molecule has 0 radical (unpaired) electrons. The van der Waals surface area contributed by atoms with Crippen molar-refractivity contribution in [2.24, 2.45) is 0 Å². The number of nitrogens with zero attached hydrogens (tertiary/aromatic N) is 1. The van der Waals surface area contributed by atoms with Gasteiger partial charge in [0.05, 0.1) is 11.5 Å². The van der Waals surface area contributed by atoms with Gasteiger partial charge in [-0.1, -0.05) is 6.07 Å². The van der Waals surface area contributed by atoms with Crippen LogP contribution in [0, 0.1) is 0 Å². The van der Waals surface area contributed by atoms with Crippen molar-refractivity contribution in [3.8, 4) is 0 Å². The fourth-order valence-electron chi connectivity index (χ4n) is 2.43. The van der Waals surface area contributed by atoms with E-state index in [1.807, 2.05) is 6.92 Å². The van der Waals surface area contributed by atoms with E-state index in [2.05, 4.69) is 0 Å². The minimum Gasteiger partial charge on any atom is -0.399 e. The van der Waals surface area contributed by atoms with Crippen molar-refractivity contribution < 1.29 is 13.2 Å². The minimum absolute atomic E-state index is 0.0644. The summed E-state index contributed by atoms with van der Waals surface area (Å²) in [5.41, 5.74) is 6.70. The van der Waals surface area contributed by atoms with E-state index >= 15 is 0 Å². The molecule has 0 aromatic heterocycles. The summed E-state index contributed by atoms with van der Waals surface area (Å²) in [5, 5.41) is 0. The molecule has 1 amide bonds. The minimum atomic E-state index is -2.99. The zero-order valence-electron chi connectivity index (χ0n) is 10.9. The van der Waals surface area contributed by atoms with Crippen molar-refractivity contribution in [2.75, 3.05) is 23.8 Å². The fourth-order valence-corrected chi connectivity index (χ4v) is 4.16. The van der Waals surface area contributed by atoms with Crippen LogP contribution >= 0.6 is 0 Å². The second-order valence-electron chi connectivity index (χ2n) is 4.77. The third kappa shape index (κ3) is 3.07. The zero-order chi connectivity index (χ0) is 14.0. The SMILES string of the molecule is CCN(C(=O)c1cccc(N)c1)C1CCS(=O)(=O)C1. The Morgan fingerprint density at radius 2 is 2.21 bits per heavy atom. The van der Waals surface area contributed by atoms with Crippen LogP contribution in [-0.4, -0.2) is 43.3 Å². The van der Waals surface area contributed by atoms with Crippen LogP contribution in [0.15, 0.2) is 24.3 Å². The first-order valence-electron chi connectivity index (χ1n) is 6.30. The Balaban J connectivity index is 2.21. The van der Waals surface area contributed by atoms with Crippen LogP contribution in [0.4, 0.5) is 5.69 Å². The predicted molar refractivity (Wildman–Crippen MR) is 74.6 cm³/mol. The molecule has 2 N–H and O–H groups in total. The lowest BCUT2D eigenvalue weighted by Crippen LogP contribution is -2.41. The molecule has 104 valence electrons. The van der Waals surface area contributed by atoms with Gasteiger partial charge in [0.25, 0.3) is 5.91 Å². The molecule has 1 saturated heterocycles.